The summed E-state index contributed by atoms with van der Waals surface area (Å²) in [6.45, 7) is 2.84. The Balaban J connectivity index is 1.57. The molecule has 0 bridgehead atoms. The number of piperidine rings is 1. The van der Waals surface area contributed by atoms with Crippen LogP contribution in [0.3, 0.4) is 0 Å². The van der Waals surface area contributed by atoms with Crippen molar-refractivity contribution in [1.82, 2.24) is 9.88 Å². The highest BCUT2D eigenvalue weighted by Crippen LogP contribution is 2.32. The summed E-state index contributed by atoms with van der Waals surface area (Å²) in [5, 5.41) is 12.1. The van der Waals surface area contributed by atoms with Gasteiger partial charge in [0.2, 0.25) is 11.8 Å². The fourth-order valence-corrected chi connectivity index (χ4v) is 4.98. The van der Waals surface area contributed by atoms with Crippen molar-refractivity contribution in [2.24, 2.45) is 5.92 Å². The molecule has 0 spiro atoms. The van der Waals surface area contributed by atoms with Gasteiger partial charge in [0.05, 0.1) is 34.1 Å². The molecular weight excluding hydrogens is 411 g/mol. The maximum atomic E-state index is 13.0. The number of anilines is 1. The minimum Gasteiger partial charge on any atom is -0.342 e. The molecule has 1 atom stereocenters. The molecule has 1 fully saturated rings. The second-order valence-corrected chi connectivity index (χ2v) is 9.05. The van der Waals surface area contributed by atoms with E-state index in [1.807, 2.05) is 6.92 Å². The van der Waals surface area contributed by atoms with Gasteiger partial charge in [0.25, 0.3) is 0 Å². The van der Waals surface area contributed by atoms with E-state index in [1.165, 1.54) is 35.2 Å². The topological polar surface area (TPSA) is 86.1 Å². The molecule has 2 heterocycles. The number of benzene rings is 1. The Hall–Kier alpha value is -2.44. The Bertz CT molecular complexity index is 924. The maximum absolute atomic E-state index is 13.0. The smallest absolute Gasteiger partial charge is 0.231 e. The van der Waals surface area contributed by atoms with Gasteiger partial charge >= 0.3 is 0 Å². The van der Waals surface area contributed by atoms with E-state index < -0.39 is 0 Å². The molecule has 0 radical (unpaired) electrons. The van der Waals surface area contributed by atoms with E-state index in [1.54, 1.807) is 17.0 Å². The number of carbonyl (C=O) groups is 2. The fraction of sp³-hybridized carbons (Fsp3) is 0.400. The Morgan fingerprint density at radius 2 is 2.17 bits per heavy atom. The number of aromatic nitrogens is 1. The number of halogens is 1. The molecule has 1 aliphatic rings. The van der Waals surface area contributed by atoms with Crippen molar-refractivity contribution in [3.63, 3.8) is 0 Å². The van der Waals surface area contributed by atoms with Gasteiger partial charge in [0.15, 0.2) is 5.13 Å². The second kappa shape index (κ2) is 9.85. The molecule has 1 N–H and O–H groups in total. The molecule has 6 nitrogen and oxygen atoms in total. The van der Waals surface area contributed by atoms with E-state index in [0.717, 1.165) is 21.9 Å². The predicted molar refractivity (Wildman–Crippen MR) is 111 cm³/mol. The van der Waals surface area contributed by atoms with Crippen LogP contribution in [0.25, 0.3) is 0 Å². The third-order valence-corrected chi connectivity index (χ3v) is 6.97. The normalized spacial score (nSPS) is 16.3. The zero-order chi connectivity index (χ0) is 20.8. The zero-order valence-corrected chi connectivity index (χ0v) is 17.6. The first-order valence-electron chi connectivity index (χ1n) is 9.26. The lowest BCUT2D eigenvalue weighted by Crippen LogP contribution is -2.44. The monoisotopic (exact) mass is 432 g/mol. The first-order chi connectivity index (χ1) is 14.0. The van der Waals surface area contributed by atoms with Crippen molar-refractivity contribution in [3.05, 3.63) is 41.3 Å². The Kier molecular flexibility index (Phi) is 7.23. The van der Waals surface area contributed by atoms with Crippen LogP contribution in [0.5, 0.6) is 0 Å². The minimum atomic E-state index is -0.331. The number of hydrogen-bond acceptors (Lipinski definition) is 6. The van der Waals surface area contributed by atoms with E-state index in [9.17, 15) is 14.0 Å². The van der Waals surface area contributed by atoms with E-state index in [4.69, 9.17) is 5.26 Å². The summed E-state index contributed by atoms with van der Waals surface area (Å²) in [4.78, 5) is 31.3. The molecule has 1 saturated heterocycles. The molecule has 1 unspecified atom stereocenters. The second-order valence-electron chi connectivity index (χ2n) is 6.81. The number of carbonyl (C=O) groups excluding carboxylic acids is 2. The van der Waals surface area contributed by atoms with Crippen LogP contribution in [-0.4, -0.2) is 40.5 Å². The third-order valence-electron chi connectivity index (χ3n) is 4.67. The highest BCUT2D eigenvalue weighted by Gasteiger charge is 2.29. The van der Waals surface area contributed by atoms with E-state index >= 15 is 0 Å². The molecule has 1 aromatic heterocycles. The average molecular weight is 433 g/mol. The summed E-state index contributed by atoms with van der Waals surface area (Å²) in [5.74, 6) is -0.489. The van der Waals surface area contributed by atoms with E-state index in [0.29, 0.717) is 30.4 Å². The van der Waals surface area contributed by atoms with Gasteiger partial charge in [0.1, 0.15) is 5.82 Å². The van der Waals surface area contributed by atoms with E-state index in [2.05, 4.69) is 16.4 Å². The molecule has 3 rings (SSSR count). The molecule has 0 saturated carbocycles. The number of aryl methyl sites for hydroxylation is 1. The average Bonchev–Trinajstić information content (AvgIpc) is 3.07. The molecule has 29 heavy (non-hydrogen) atoms. The predicted octanol–water partition coefficient (Wildman–Crippen LogP) is 3.63. The lowest BCUT2D eigenvalue weighted by Gasteiger charge is -2.32. The van der Waals surface area contributed by atoms with Crippen LogP contribution in [0.2, 0.25) is 0 Å². The molecule has 9 heteroatoms. The largest absolute Gasteiger partial charge is 0.342 e. The van der Waals surface area contributed by atoms with Crippen molar-refractivity contribution in [3.8, 4) is 6.07 Å². The minimum absolute atomic E-state index is 0.0607. The van der Waals surface area contributed by atoms with Crippen LogP contribution in [0.4, 0.5) is 9.52 Å². The van der Waals surface area contributed by atoms with Crippen LogP contribution >= 0.6 is 23.1 Å². The summed E-state index contributed by atoms with van der Waals surface area (Å²) < 4.78 is 13.9. The number of thioether (sulfide) groups is 1. The molecule has 152 valence electrons. The van der Waals surface area contributed by atoms with Crippen LogP contribution < -0.4 is 5.32 Å². The molecule has 0 aliphatic carbocycles. The SMILES string of the molecule is Cc1nc(NC(=O)C2CCCN(C(=O)Cc3ccc(F)cc3)C2)sc1SCC#N. The first kappa shape index (κ1) is 21.3. The van der Waals surface area contributed by atoms with Crippen LogP contribution in [0.15, 0.2) is 28.5 Å². The molecule has 2 aromatic rings. The number of amides is 2. The van der Waals surface area contributed by atoms with E-state index in [-0.39, 0.29) is 30.0 Å². The Morgan fingerprint density at radius 3 is 2.90 bits per heavy atom. The van der Waals surface area contributed by atoms with Crippen molar-refractivity contribution in [1.29, 1.82) is 5.26 Å². The Morgan fingerprint density at radius 1 is 1.41 bits per heavy atom. The number of nitrogens with zero attached hydrogens (tertiary/aromatic N) is 3. The number of thiazole rings is 1. The molecular formula is C20H21FN4O2S2. The molecule has 1 aliphatic heterocycles. The Labute approximate surface area is 177 Å². The quantitative estimate of drug-likeness (QED) is 0.705. The number of nitriles is 1. The lowest BCUT2D eigenvalue weighted by atomic mass is 9.96. The molecule has 1 aromatic carbocycles. The van der Waals surface area contributed by atoms with Gasteiger partial charge in [-0.2, -0.15) is 5.26 Å². The standard InChI is InChI=1S/C20H21FN4O2S2/c1-13-19(28-10-8-22)29-20(23-13)24-18(27)15-3-2-9-25(12-15)17(26)11-14-4-6-16(21)7-5-14/h4-7,15H,2-3,9-12H2,1H3,(H,23,24,27). The fourth-order valence-electron chi connectivity index (χ4n) is 3.18. The summed E-state index contributed by atoms with van der Waals surface area (Å²) in [6, 6.07) is 7.97. The van der Waals surface area contributed by atoms with Gasteiger partial charge in [0, 0.05) is 13.1 Å². The van der Waals surface area contributed by atoms with Crippen molar-refractivity contribution < 1.29 is 14.0 Å². The summed E-state index contributed by atoms with van der Waals surface area (Å²) in [7, 11) is 0. The van der Waals surface area contributed by atoms with Gasteiger partial charge in [-0.1, -0.05) is 35.2 Å². The summed E-state index contributed by atoms with van der Waals surface area (Å²) >= 11 is 2.76. The number of rotatable bonds is 6. The van der Waals surface area contributed by atoms with Gasteiger partial charge in [-0.25, -0.2) is 9.37 Å². The van der Waals surface area contributed by atoms with Crippen LogP contribution in [-0.2, 0) is 16.0 Å². The highest BCUT2D eigenvalue weighted by molar-refractivity contribution is 8.01. The van der Waals surface area contributed by atoms with Crippen LogP contribution in [0, 0.1) is 30.0 Å². The van der Waals surface area contributed by atoms with Gasteiger partial charge in [-0.3, -0.25) is 9.59 Å². The number of nitrogens with one attached hydrogen (secondary N) is 1. The van der Waals surface area contributed by atoms with Gasteiger partial charge < -0.3 is 10.2 Å². The molecule has 2 amide bonds. The number of hydrogen-bond donors (Lipinski definition) is 1. The van der Waals surface area contributed by atoms with Gasteiger partial charge in [-0.15, -0.1) is 0 Å². The van der Waals surface area contributed by atoms with Crippen molar-refractivity contribution in [2.45, 2.75) is 30.4 Å². The van der Waals surface area contributed by atoms with Crippen molar-refractivity contribution in [2.75, 3.05) is 24.2 Å². The van der Waals surface area contributed by atoms with Crippen molar-refractivity contribution >= 4 is 40.0 Å². The van der Waals surface area contributed by atoms with Crippen LogP contribution in [0.1, 0.15) is 24.1 Å². The van der Waals surface area contributed by atoms with Gasteiger partial charge in [-0.05, 0) is 37.5 Å². The third kappa shape index (κ3) is 5.78. The summed E-state index contributed by atoms with van der Waals surface area (Å²) in [5.41, 5.74) is 1.55. The maximum Gasteiger partial charge on any atom is 0.231 e. The highest BCUT2D eigenvalue weighted by atomic mass is 32.2. The lowest BCUT2D eigenvalue weighted by molar-refractivity contribution is -0.133. The first-order valence-corrected chi connectivity index (χ1v) is 11.1. The summed E-state index contributed by atoms with van der Waals surface area (Å²) in [6.07, 6.45) is 1.67. The number of likely N-dealkylation sites (tertiary alicyclic amines) is 1. The zero-order valence-electron chi connectivity index (χ0n) is 16.0.